The molecular formula is C23H31N3O3S. The van der Waals surface area contributed by atoms with E-state index >= 15 is 0 Å². The molecule has 2 heterocycles. The maximum absolute atomic E-state index is 5.43. The standard InChI is InChI=1S/C23H31N3O3S/c1-15(13-27-4)24-23-25-20(14-30-23)19-11-16(2)26(17(19)3)10-9-18-7-8-21(28-5)22(12-18)29-6/h7-8,11-12,14-15H,9-10,13H2,1-6H3,(H,24,25)/t15-/m1/s1. The maximum Gasteiger partial charge on any atom is 0.183 e. The Morgan fingerprint density at radius 3 is 2.57 bits per heavy atom. The summed E-state index contributed by atoms with van der Waals surface area (Å²) in [6.07, 6.45) is 0.911. The molecule has 1 atom stereocenters. The van der Waals surface area contributed by atoms with Gasteiger partial charge in [-0.2, -0.15) is 0 Å². The van der Waals surface area contributed by atoms with E-state index in [1.807, 2.05) is 12.1 Å². The van der Waals surface area contributed by atoms with Crippen molar-refractivity contribution in [2.24, 2.45) is 0 Å². The molecule has 0 aliphatic carbocycles. The van der Waals surface area contributed by atoms with Gasteiger partial charge in [0.05, 0.1) is 26.5 Å². The van der Waals surface area contributed by atoms with Crippen LogP contribution in [0.1, 0.15) is 23.9 Å². The molecule has 3 aromatic rings. The van der Waals surface area contributed by atoms with Gasteiger partial charge in [-0.1, -0.05) is 6.07 Å². The monoisotopic (exact) mass is 429 g/mol. The zero-order valence-electron chi connectivity index (χ0n) is 18.6. The Morgan fingerprint density at radius 2 is 1.87 bits per heavy atom. The molecule has 0 aliphatic rings. The molecule has 162 valence electrons. The van der Waals surface area contributed by atoms with Crippen LogP contribution in [0.5, 0.6) is 11.5 Å². The summed E-state index contributed by atoms with van der Waals surface area (Å²) in [5, 5.41) is 6.43. The second-order valence-corrected chi connectivity index (χ2v) is 8.27. The average molecular weight is 430 g/mol. The highest BCUT2D eigenvalue weighted by Gasteiger charge is 2.15. The Labute approximate surface area is 182 Å². The van der Waals surface area contributed by atoms with Crippen LogP contribution in [0, 0.1) is 13.8 Å². The molecule has 0 fully saturated rings. The number of benzene rings is 1. The van der Waals surface area contributed by atoms with E-state index in [-0.39, 0.29) is 6.04 Å². The fourth-order valence-electron chi connectivity index (χ4n) is 3.65. The third-order valence-electron chi connectivity index (χ3n) is 5.21. The second-order valence-electron chi connectivity index (χ2n) is 7.41. The van der Waals surface area contributed by atoms with E-state index in [0.29, 0.717) is 6.61 Å². The van der Waals surface area contributed by atoms with Crippen LogP contribution >= 0.6 is 11.3 Å². The Balaban J connectivity index is 1.74. The maximum atomic E-state index is 5.43. The highest BCUT2D eigenvalue weighted by Crippen LogP contribution is 2.31. The fraction of sp³-hybridized carbons (Fsp3) is 0.435. The minimum Gasteiger partial charge on any atom is -0.493 e. The van der Waals surface area contributed by atoms with Gasteiger partial charge in [-0.3, -0.25) is 0 Å². The van der Waals surface area contributed by atoms with Crippen molar-refractivity contribution < 1.29 is 14.2 Å². The van der Waals surface area contributed by atoms with Crippen molar-refractivity contribution in [3.8, 4) is 22.8 Å². The smallest absolute Gasteiger partial charge is 0.183 e. The van der Waals surface area contributed by atoms with E-state index in [2.05, 4.69) is 48.2 Å². The molecule has 30 heavy (non-hydrogen) atoms. The van der Waals surface area contributed by atoms with E-state index < -0.39 is 0 Å². The minimum atomic E-state index is 0.225. The highest BCUT2D eigenvalue weighted by atomic mass is 32.1. The van der Waals surface area contributed by atoms with E-state index in [1.54, 1.807) is 32.7 Å². The average Bonchev–Trinajstić information content (AvgIpc) is 3.30. The number of anilines is 1. The molecule has 3 rings (SSSR count). The van der Waals surface area contributed by atoms with Crippen molar-refractivity contribution in [3.05, 3.63) is 46.6 Å². The lowest BCUT2D eigenvalue weighted by Crippen LogP contribution is -2.20. The quantitative estimate of drug-likeness (QED) is 0.495. The Morgan fingerprint density at radius 1 is 1.10 bits per heavy atom. The number of ether oxygens (including phenoxy) is 3. The molecule has 1 N–H and O–H groups in total. The Hall–Kier alpha value is -2.51. The molecule has 0 saturated carbocycles. The first kappa shape index (κ1) is 22.2. The number of hydrogen-bond acceptors (Lipinski definition) is 6. The van der Waals surface area contributed by atoms with Crippen LogP contribution in [-0.2, 0) is 17.7 Å². The van der Waals surface area contributed by atoms with E-state index in [4.69, 9.17) is 19.2 Å². The van der Waals surface area contributed by atoms with Crippen LogP contribution in [0.25, 0.3) is 11.3 Å². The van der Waals surface area contributed by atoms with Gasteiger partial charge in [0.25, 0.3) is 0 Å². The summed E-state index contributed by atoms with van der Waals surface area (Å²) >= 11 is 1.63. The van der Waals surface area contributed by atoms with Crippen molar-refractivity contribution in [1.29, 1.82) is 0 Å². The lowest BCUT2D eigenvalue weighted by molar-refractivity contribution is 0.190. The van der Waals surface area contributed by atoms with Crippen molar-refractivity contribution in [3.63, 3.8) is 0 Å². The van der Waals surface area contributed by atoms with E-state index in [0.717, 1.165) is 35.3 Å². The molecule has 0 saturated heterocycles. The Kier molecular flexibility index (Phi) is 7.39. The number of nitrogens with one attached hydrogen (secondary N) is 1. The van der Waals surface area contributed by atoms with Crippen molar-refractivity contribution in [2.75, 3.05) is 33.3 Å². The van der Waals surface area contributed by atoms with Crippen molar-refractivity contribution in [2.45, 2.75) is 39.8 Å². The first-order chi connectivity index (χ1) is 14.5. The van der Waals surface area contributed by atoms with Crippen LogP contribution in [0.15, 0.2) is 29.6 Å². The summed E-state index contributed by atoms with van der Waals surface area (Å²) in [6, 6.07) is 8.55. The topological polar surface area (TPSA) is 57.5 Å². The molecule has 7 heteroatoms. The molecule has 0 amide bonds. The molecule has 0 spiro atoms. The number of rotatable bonds is 10. The molecule has 0 aliphatic heterocycles. The third kappa shape index (κ3) is 4.96. The molecule has 6 nitrogen and oxygen atoms in total. The van der Waals surface area contributed by atoms with Gasteiger partial charge in [0.2, 0.25) is 0 Å². The van der Waals surface area contributed by atoms with Gasteiger partial charge in [-0.05, 0) is 51.0 Å². The lowest BCUT2D eigenvalue weighted by atomic mass is 10.1. The molecule has 2 aromatic heterocycles. The van der Waals surface area contributed by atoms with Gasteiger partial charge in [-0.15, -0.1) is 11.3 Å². The molecular weight excluding hydrogens is 398 g/mol. The summed E-state index contributed by atoms with van der Waals surface area (Å²) in [6.45, 7) is 7.95. The van der Waals surface area contributed by atoms with Gasteiger partial charge >= 0.3 is 0 Å². The van der Waals surface area contributed by atoms with Crippen LogP contribution in [-0.4, -0.2) is 43.5 Å². The highest BCUT2D eigenvalue weighted by molar-refractivity contribution is 7.14. The van der Waals surface area contributed by atoms with Crippen LogP contribution in [0.4, 0.5) is 5.13 Å². The lowest BCUT2D eigenvalue weighted by Gasteiger charge is -2.12. The van der Waals surface area contributed by atoms with Gasteiger partial charge in [0.1, 0.15) is 0 Å². The van der Waals surface area contributed by atoms with Gasteiger partial charge in [0.15, 0.2) is 16.6 Å². The van der Waals surface area contributed by atoms with E-state index in [9.17, 15) is 0 Å². The van der Waals surface area contributed by atoms with Crippen molar-refractivity contribution in [1.82, 2.24) is 9.55 Å². The van der Waals surface area contributed by atoms with E-state index in [1.165, 1.54) is 22.5 Å². The zero-order valence-corrected chi connectivity index (χ0v) is 19.4. The van der Waals surface area contributed by atoms with Crippen LogP contribution < -0.4 is 14.8 Å². The van der Waals surface area contributed by atoms with Crippen LogP contribution in [0.2, 0.25) is 0 Å². The zero-order chi connectivity index (χ0) is 21.7. The molecule has 0 bridgehead atoms. The number of aryl methyl sites for hydroxylation is 2. The molecule has 1 aromatic carbocycles. The largest absolute Gasteiger partial charge is 0.493 e. The first-order valence-electron chi connectivity index (χ1n) is 10.1. The first-order valence-corrected chi connectivity index (χ1v) is 10.9. The SMILES string of the molecule is COC[C@@H](C)Nc1nc(-c2cc(C)n(CCc3ccc(OC)c(OC)c3)c2C)cs1. The number of nitrogens with zero attached hydrogens (tertiary/aromatic N) is 2. The summed E-state index contributed by atoms with van der Waals surface area (Å²) < 4.78 is 18.3. The minimum absolute atomic E-state index is 0.225. The number of methoxy groups -OCH3 is 3. The molecule has 0 radical (unpaired) electrons. The summed E-state index contributed by atoms with van der Waals surface area (Å²) in [5.41, 5.74) is 5.88. The fourth-order valence-corrected chi connectivity index (χ4v) is 4.47. The number of hydrogen-bond donors (Lipinski definition) is 1. The van der Waals surface area contributed by atoms with Gasteiger partial charge in [-0.25, -0.2) is 4.98 Å². The predicted molar refractivity (Wildman–Crippen MR) is 123 cm³/mol. The molecule has 0 unspecified atom stereocenters. The Bertz CT molecular complexity index is 980. The van der Waals surface area contributed by atoms with Crippen LogP contribution in [0.3, 0.4) is 0 Å². The number of aromatic nitrogens is 2. The van der Waals surface area contributed by atoms with Crippen molar-refractivity contribution >= 4 is 16.5 Å². The summed E-state index contributed by atoms with van der Waals surface area (Å²) in [4.78, 5) is 4.79. The second kappa shape index (κ2) is 10.00. The predicted octanol–water partition coefficient (Wildman–Crippen LogP) is 4.94. The summed E-state index contributed by atoms with van der Waals surface area (Å²) in [5.74, 6) is 1.52. The normalized spacial score (nSPS) is 12.1. The number of thiazole rings is 1. The summed E-state index contributed by atoms with van der Waals surface area (Å²) in [7, 11) is 5.03. The van der Waals surface area contributed by atoms with Gasteiger partial charge < -0.3 is 24.1 Å². The third-order valence-corrected chi connectivity index (χ3v) is 5.99. The van der Waals surface area contributed by atoms with Gasteiger partial charge in [0, 0.05) is 42.0 Å².